The van der Waals surface area contributed by atoms with E-state index in [-0.39, 0.29) is 5.91 Å². The van der Waals surface area contributed by atoms with E-state index in [0.717, 1.165) is 22.4 Å². The van der Waals surface area contributed by atoms with Gasteiger partial charge >= 0.3 is 0 Å². The molecule has 0 spiro atoms. The number of nitrogens with zero attached hydrogens (tertiary/aromatic N) is 3. The van der Waals surface area contributed by atoms with Crippen molar-refractivity contribution in [2.75, 3.05) is 12.8 Å². The molecule has 0 fully saturated rings. The molecule has 0 aliphatic rings. The summed E-state index contributed by atoms with van der Waals surface area (Å²) in [4.78, 5) is 18.5. The predicted molar refractivity (Wildman–Crippen MR) is 104 cm³/mol. The van der Waals surface area contributed by atoms with Gasteiger partial charge in [0.25, 0.3) is 0 Å². The Morgan fingerprint density at radius 3 is 2.77 bits per heavy atom. The fourth-order valence-corrected chi connectivity index (χ4v) is 3.59. The van der Waals surface area contributed by atoms with E-state index in [1.807, 2.05) is 29.8 Å². The van der Waals surface area contributed by atoms with Gasteiger partial charge in [-0.3, -0.25) is 9.36 Å². The molecule has 6 heteroatoms. The quantitative estimate of drug-likeness (QED) is 0.613. The van der Waals surface area contributed by atoms with Crippen LogP contribution in [0, 0.1) is 20.8 Å². The number of hydrogen-bond acceptors (Lipinski definition) is 4. The summed E-state index contributed by atoms with van der Waals surface area (Å²) in [6.07, 6.45) is 3.70. The first-order valence-corrected chi connectivity index (χ1v) is 9.45. The molecule has 0 N–H and O–H groups in total. The summed E-state index contributed by atoms with van der Waals surface area (Å²) in [5.74, 6) is 2.02. The highest BCUT2D eigenvalue weighted by Crippen LogP contribution is 2.24. The monoisotopic (exact) mass is 369 g/mol. The van der Waals surface area contributed by atoms with E-state index in [4.69, 9.17) is 4.42 Å². The summed E-state index contributed by atoms with van der Waals surface area (Å²) in [5.41, 5.74) is 3.46. The van der Waals surface area contributed by atoms with Crippen LogP contribution >= 0.6 is 11.8 Å². The molecule has 5 nitrogen and oxygen atoms in total. The summed E-state index contributed by atoms with van der Waals surface area (Å²) in [7, 11) is 1.79. The number of aryl methyl sites for hydroxylation is 3. The molecule has 0 saturated heterocycles. The highest BCUT2D eigenvalue weighted by molar-refractivity contribution is 7.99. The van der Waals surface area contributed by atoms with E-state index >= 15 is 0 Å². The van der Waals surface area contributed by atoms with Gasteiger partial charge in [0.2, 0.25) is 5.91 Å². The van der Waals surface area contributed by atoms with Crippen LogP contribution < -0.4 is 0 Å². The molecule has 0 unspecified atom stereocenters. The van der Waals surface area contributed by atoms with Gasteiger partial charge in [-0.05, 0) is 50.1 Å². The third-order valence-corrected chi connectivity index (χ3v) is 5.12. The lowest BCUT2D eigenvalue weighted by atomic mass is 10.1. The van der Waals surface area contributed by atoms with Crippen molar-refractivity contribution in [1.29, 1.82) is 0 Å². The Kier molecular flexibility index (Phi) is 5.52. The Labute approximate surface area is 158 Å². The maximum Gasteiger partial charge on any atom is 0.233 e. The highest BCUT2D eigenvalue weighted by atomic mass is 32.2. The molecule has 0 bridgehead atoms. The topological polar surface area (TPSA) is 51.3 Å². The molecule has 1 aromatic carbocycles. The van der Waals surface area contributed by atoms with Crippen molar-refractivity contribution >= 4 is 17.7 Å². The van der Waals surface area contributed by atoms with Gasteiger partial charge in [0, 0.05) is 19.4 Å². The Bertz CT molecular complexity index is 913. The lowest BCUT2D eigenvalue weighted by molar-refractivity contribution is -0.127. The first-order chi connectivity index (χ1) is 12.4. The van der Waals surface area contributed by atoms with Crippen molar-refractivity contribution in [3.05, 3.63) is 65.4 Å². The molecule has 0 aliphatic heterocycles. The third-order valence-electron chi connectivity index (χ3n) is 4.17. The van der Waals surface area contributed by atoms with Gasteiger partial charge in [0.15, 0.2) is 5.16 Å². The lowest BCUT2D eigenvalue weighted by Crippen LogP contribution is -2.27. The van der Waals surface area contributed by atoms with Crippen LogP contribution in [0.5, 0.6) is 0 Å². The Morgan fingerprint density at radius 2 is 2.04 bits per heavy atom. The zero-order valence-electron chi connectivity index (χ0n) is 15.5. The smallest absolute Gasteiger partial charge is 0.233 e. The van der Waals surface area contributed by atoms with E-state index in [2.05, 4.69) is 37.0 Å². The normalized spacial score (nSPS) is 10.9. The minimum atomic E-state index is 0.0413. The van der Waals surface area contributed by atoms with Crippen LogP contribution in [-0.4, -0.2) is 33.2 Å². The van der Waals surface area contributed by atoms with Crippen LogP contribution in [0.15, 0.2) is 52.3 Å². The van der Waals surface area contributed by atoms with E-state index in [1.165, 1.54) is 22.9 Å². The minimum Gasteiger partial charge on any atom is -0.464 e. The van der Waals surface area contributed by atoms with Gasteiger partial charge in [-0.1, -0.05) is 23.9 Å². The number of aromatic nitrogens is 2. The van der Waals surface area contributed by atoms with Crippen molar-refractivity contribution in [3.63, 3.8) is 0 Å². The fourth-order valence-electron chi connectivity index (χ4n) is 2.69. The summed E-state index contributed by atoms with van der Waals surface area (Å²) < 4.78 is 7.58. The SMILES string of the molecule is Cc1ccc(C)c(-n2ccnc2SCC(=O)N(C)Cc2ccc(C)o2)c1. The summed E-state index contributed by atoms with van der Waals surface area (Å²) in [6, 6.07) is 10.1. The number of carbonyl (C=O) groups is 1. The third kappa shape index (κ3) is 4.19. The summed E-state index contributed by atoms with van der Waals surface area (Å²) >= 11 is 1.45. The van der Waals surface area contributed by atoms with Crippen molar-refractivity contribution in [2.45, 2.75) is 32.5 Å². The van der Waals surface area contributed by atoms with E-state index in [0.29, 0.717) is 12.3 Å². The van der Waals surface area contributed by atoms with Crippen LogP contribution in [0.1, 0.15) is 22.6 Å². The predicted octanol–water partition coefficient (Wildman–Crippen LogP) is 4.14. The molecular formula is C20H23N3O2S. The number of imidazole rings is 1. The number of hydrogen-bond donors (Lipinski definition) is 0. The van der Waals surface area contributed by atoms with Gasteiger partial charge in [0.1, 0.15) is 11.5 Å². The molecule has 3 aromatic rings. The number of amides is 1. The first kappa shape index (κ1) is 18.3. The maximum atomic E-state index is 12.4. The largest absolute Gasteiger partial charge is 0.464 e. The molecule has 0 radical (unpaired) electrons. The minimum absolute atomic E-state index is 0.0413. The fraction of sp³-hybridized carbons (Fsp3) is 0.300. The van der Waals surface area contributed by atoms with Crippen molar-refractivity contribution in [1.82, 2.24) is 14.5 Å². The number of benzene rings is 1. The lowest BCUT2D eigenvalue weighted by Gasteiger charge is -2.16. The summed E-state index contributed by atoms with van der Waals surface area (Å²) in [6.45, 7) is 6.52. The molecule has 1 amide bonds. The van der Waals surface area contributed by atoms with Crippen LogP contribution in [-0.2, 0) is 11.3 Å². The standard InChI is InChI=1S/C20H23N3O2S/c1-14-5-6-15(2)18(11-14)23-10-9-21-20(23)26-13-19(24)22(4)12-17-8-7-16(3)25-17/h5-11H,12-13H2,1-4H3. The van der Waals surface area contributed by atoms with Gasteiger partial charge in [-0.15, -0.1) is 0 Å². The summed E-state index contributed by atoms with van der Waals surface area (Å²) in [5, 5.41) is 0.814. The highest BCUT2D eigenvalue weighted by Gasteiger charge is 2.15. The second kappa shape index (κ2) is 7.83. The number of furan rings is 1. The zero-order valence-corrected chi connectivity index (χ0v) is 16.3. The molecule has 136 valence electrons. The Balaban J connectivity index is 1.66. The number of rotatable bonds is 6. The van der Waals surface area contributed by atoms with E-state index < -0.39 is 0 Å². The van der Waals surface area contributed by atoms with Crippen LogP contribution in [0.25, 0.3) is 5.69 Å². The van der Waals surface area contributed by atoms with Gasteiger partial charge in [-0.2, -0.15) is 0 Å². The van der Waals surface area contributed by atoms with E-state index in [9.17, 15) is 4.79 Å². The average Bonchev–Trinajstić information content (AvgIpc) is 3.23. The van der Waals surface area contributed by atoms with Crippen molar-refractivity contribution in [3.8, 4) is 5.69 Å². The number of thioether (sulfide) groups is 1. The van der Waals surface area contributed by atoms with Gasteiger partial charge in [-0.25, -0.2) is 4.98 Å². The Hall–Kier alpha value is -2.47. The zero-order chi connectivity index (χ0) is 18.7. The molecule has 2 heterocycles. The van der Waals surface area contributed by atoms with Gasteiger partial charge < -0.3 is 9.32 Å². The molecule has 0 atom stereocenters. The molecule has 26 heavy (non-hydrogen) atoms. The van der Waals surface area contributed by atoms with Crippen molar-refractivity contribution < 1.29 is 9.21 Å². The molecule has 0 aliphatic carbocycles. The van der Waals surface area contributed by atoms with Crippen LogP contribution in [0.4, 0.5) is 0 Å². The molecule has 0 saturated carbocycles. The molecule has 2 aromatic heterocycles. The molecular weight excluding hydrogens is 346 g/mol. The van der Waals surface area contributed by atoms with Crippen LogP contribution in [0.3, 0.4) is 0 Å². The Morgan fingerprint density at radius 1 is 1.23 bits per heavy atom. The van der Waals surface area contributed by atoms with Crippen molar-refractivity contribution in [2.24, 2.45) is 0 Å². The van der Waals surface area contributed by atoms with Crippen LogP contribution in [0.2, 0.25) is 0 Å². The maximum absolute atomic E-state index is 12.4. The average molecular weight is 369 g/mol. The molecule has 3 rings (SSSR count). The van der Waals surface area contributed by atoms with Gasteiger partial charge in [0.05, 0.1) is 18.0 Å². The second-order valence-electron chi connectivity index (χ2n) is 6.42. The number of carbonyl (C=O) groups excluding carboxylic acids is 1. The second-order valence-corrected chi connectivity index (χ2v) is 7.36. The first-order valence-electron chi connectivity index (χ1n) is 8.47. The van der Waals surface area contributed by atoms with E-state index in [1.54, 1.807) is 18.1 Å².